The molecule has 3 rings (SSSR count). The molecule has 1 aliphatic heterocycles. The molecule has 1 N–H and O–H groups in total. The monoisotopic (exact) mass is 380 g/mol. The number of fused-ring (bicyclic) bond motifs is 1. The number of nitrogens with one attached hydrogen (secondary N) is 1. The standard InChI is InChI=1S/C19H19F3N2O3/c1-11-5-14(8-24(2)18(11)26)13-6-12-3-4-16(25)23-17(12)15(7-13)9-27-10-19(20,21)22/h5-8H,3-4,9-10H2,1-2H3,(H,23,25). The lowest BCUT2D eigenvalue weighted by Gasteiger charge is -2.22. The van der Waals surface area contributed by atoms with Gasteiger partial charge in [-0.25, -0.2) is 0 Å². The fourth-order valence-electron chi connectivity index (χ4n) is 3.17. The summed E-state index contributed by atoms with van der Waals surface area (Å²) < 4.78 is 43.5. The van der Waals surface area contributed by atoms with Crippen LogP contribution in [-0.2, 0) is 29.6 Å². The van der Waals surface area contributed by atoms with E-state index in [4.69, 9.17) is 4.74 Å². The molecule has 1 aromatic carbocycles. The Morgan fingerprint density at radius 2 is 1.89 bits per heavy atom. The molecular weight excluding hydrogens is 361 g/mol. The van der Waals surface area contributed by atoms with Crippen molar-refractivity contribution in [3.05, 3.63) is 51.4 Å². The lowest BCUT2D eigenvalue weighted by molar-refractivity contribution is -0.176. The number of nitrogens with zero attached hydrogens (tertiary/aromatic N) is 1. The molecule has 1 amide bonds. The number of hydrogen-bond acceptors (Lipinski definition) is 3. The van der Waals surface area contributed by atoms with Crippen LogP contribution in [0.25, 0.3) is 11.1 Å². The Hall–Kier alpha value is -2.61. The summed E-state index contributed by atoms with van der Waals surface area (Å²) >= 11 is 0. The number of amides is 1. The third-order valence-electron chi connectivity index (χ3n) is 4.41. The summed E-state index contributed by atoms with van der Waals surface area (Å²) in [5.74, 6) is -0.176. The first-order valence-electron chi connectivity index (χ1n) is 8.42. The number of pyridine rings is 1. The van der Waals surface area contributed by atoms with Crippen LogP contribution in [-0.4, -0.2) is 23.3 Å². The van der Waals surface area contributed by atoms with Crippen molar-refractivity contribution in [2.24, 2.45) is 7.05 Å². The second kappa shape index (κ2) is 7.19. The highest BCUT2D eigenvalue weighted by Crippen LogP contribution is 2.33. The van der Waals surface area contributed by atoms with E-state index < -0.39 is 12.8 Å². The summed E-state index contributed by atoms with van der Waals surface area (Å²) in [4.78, 5) is 23.6. The van der Waals surface area contributed by atoms with Gasteiger partial charge in [0.15, 0.2) is 0 Å². The summed E-state index contributed by atoms with van der Waals surface area (Å²) in [6.45, 7) is 0.0669. The molecule has 8 heteroatoms. The van der Waals surface area contributed by atoms with Gasteiger partial charge in [-0.1, -0.05) is 0 Å². The second-order valence-corrected chi connectivity index (χ2v) is 6.65. The van der Waals surface area contributed by atoms with Gasteiger partial charge in [-0.05, 0) is 48.2 Å². The zero-order chi connectivity index (χ0) is 19.8. The molecular formula is C19H19F3N2O3. The van der Waals surface area contributed by atoms with E-state index in [2.05, 4.69) is 5.32 Å². The Morgan fingerprint density at radius 3 is 2.56 bits per heavy atom. The van der Waals surface area contributed by atoms with Crippen LogP contribution in [0.2, 0.25) is 0 Å². The zero-order valence-electron chi connectivity index (χ0n) is 14.9. The number of carbonyl (C=O) groups is 1. The minimum absolute atomic E-state index is 0.113. The minimum atomic E-state index is -4.42. The maximum absolute atomic E-state index is 12.4. The number of anilines is 1. The molecule has 0 aliphatic carbocycles. The van der Waals surface area contributed by atoms with Crippen LogP contribution in [0, 0.1) is 6.92 Å². The van der Waals surface area contributed by atoms with E-state index in [9.17, 15) is 22.8 Å². The Morgan fingerprint density at radius 1 is 1.15 bits per heavy atom. The number of hydrogen-bond donors (Lipinski definition) is 1. The maximum atomic E-state index is 12.4. The van der Waals surface area contributed by atoms with Gasteiger partial charge in [0.25, 0.3) is 5.56 Å². The summed E-state index contributed by atoms with van der Waals surface area (Å²) in [5, 5.41) is 2.73. The molecule has 0 bridgehead atoms. The summed E-state index contributed by atoms with van der Waals surface area (Å²) in [7, 11) is 1.64. The number of ether oxygens (including phenoxy) is 1. The van der Waals surface area contributed by atoms with Crippen LogP contribution < -0.4 is 10.9 Å². The average Bonchev–Trinajstić information content (AvgIpc) is 2.58. The first kappa shape index (κ1) is 19.2. The Kier molecular flexibility index (Phi) is 5.10. The van der Waals surface area contributed by atoms with Crippen LogP contribution in [0.5, 0.6) is 0 Å². The molecule has 1 aliphatic rings. The molecule has 27 heavy (non-hydrogen) atoms. The maximum Gasteiger partial charge on any atom is 0.411 e. The van der Waals surface area contributed by atoms with Crippen molar-refractivity contribution in [3.63, 3.8) is 0 Å². The van der Waals surface area contributed by atoms with Crippen LogP contribution >= 0.6 is 0 Å². The highest BCUT2D eigenvalue weighted by Gasteiger charge is 2.28. The second-order valence-electron chi connectivity index (χ2n) is 6.65. The largest absolute Gasteiger partial charge is 0.411 e. The molecule has 0 radical (unpaired) electrons. The third-order valence-corrected chi connectivity index (χ3v) is 4.41. The van der Waals surface area contributed by atoms with Gasteiger partial charge in [-0.3, -0.25) is 9.59 Å². The van der Waals surface area contributed by atoms with E-state index >= 15 is 0 Å². The topological polar surface area (TPSA) is 60.3 Å². The molecule has 0 atom stereocenters. The lowest BCUT2D eigenvalue weighted by Crippen LogP contribution is -2.22. The first-order valence-corrected chi connectivity index (χ1v) is 8.42. The van der Waals surface area contributed by atoms with E-state index in [1.165, 1.54) is 4.57 Å². The number of benzene rings is 1. The van der Waals surface area contributed by atoms with Crippen molar-refractivity contribution in [1.82, 2.24) is 4.57 Å². The number of aromatic nitrogens is 1. The minimum Gasteiger partial charge on any atom is -0.367 e. The molecule has 1 aromatic heterocycles. The number of halogens is 3. The Balaban J connectivity index is 2.02. The fourth-order valence-corrected chi connectivity index (χ4v) is 3.17. The predicted molar refractivity (Wildman–Crippen MR) is 94.5 cm³/mol. The van der Waals surface area contributed by atoms with Crippen molar-refractivity contribution in [2.75, 3.05) is 11.9 Å². The Labute approximate surface area is 153 Å². The van der Waals surface area contributed by atoms with Crippen molar-refractivity contribution >= 4 is 11.6 Å². The normalized spacial score (nSPS) is 14.0. The van der Waals surface area contributed by atoms with Gasteiger partial charge in [0, 0.05) is 36.5 Å². The van der Waals surface area contributed by atoms with E-state index in [1.807, 2.05) is 6.07 Å². The van der Waals surface area contributed by atoms with Gasteiger partial charge in [0.2, 0.25) is 5.91 Å². The molecule has 0 spiro atoms. The van der Waals surface area contributed by atoms with Crippen molar-refractivity contribution in [1.29, 1.82) is 0 Å². The third kappa shape index (κ3) is 4.39. The fraction of sp³-hybridized carbons (Fsp3) is 0.368. The number of rotatable bonds is 4. The van der Waals surface area contributed by atoms with Crippen molar-refractivity contribution in [3.8, 4) is 11.1 Å². The quantitative estimate of drug-likeness (QED) is 0.885. The smallest absolute Gasteiger partial charge is 0.367 e. The molecule has 0 fully saturated rings. The first-order chi connectivity index (χ1) is 12.6. The van der Waals surface area contributed by atoms with Gasteiger partial charge in [0.1, 0.15) is 6.61 Å². The van der Waals surface area contributed by atoms with E-state index in [-0.39, 0.29) is 18.1 Å². The molecule has 0 saturated carbocycles. The molecule has 5 nitrogen and oxygen atoms in total. The van der Waals surface area contributed by atoms with Crippen LogP contribution in [0.1, 0.15) is 23.1 Å². The van der Waals surface area contributed by atoms with Crippen molar-refractivity contribution < 1.29 is 22.7 Å². The van der Waals surface area contributed by atoms with Crippen LogP contribution in [0.4, 0.5) is 18.9 Å². The number of carbonyl (C=O) groups excluding carboxylic acids is 1. The SMILES string of the molecule is Cc1cc(-c2cc3c(c(COCC(F)(F)F)c2)NC(=O)CC3)cn(C)c1=O. The summed E-state index contributed by atoms with van der Waals surface area (Å²) in [5.41, 5.74) is 3.81. The van der Waals surface area contributed by atoms with E-state index in [0.29, 0.717) is 29.7 Å². The lowest BCUT2D eigenvalue weighted by atomic mass is 9.93. The molecule has 0 unspecified atom stereocenters. The average molecular weight is 380 g/mol. The van der Waals surface area contributed by atoms with Gasteiger partial charge in [-0.2, -0.15) is 13.2 Å². The predicted octanol–water partition coefficient (Wildman–Crippen LogP) is 3.32. The highest BCUT2D eigenvalue weighted by atomic mass is 19.4. The van der Waals surface area contributed by atoms with Gasteiger partial charge in [0.05, 0.1) is 6.61 Å². The zero-order valence-corrected chi connectivity index (χ0v) is 14.9. The molecule has 0 saturated heterocycles. The van der Waals surface area contributed by atoms with Gasteiger partial charge < -0.3 is 14.6 Å². The Bertz CT molecular complexity index is 922. The number of alkyl halides is 3. The summed E-state index contributed by atoms with van der Waals surface area (Å²) in [6.07, 6.45) is -1.94. The molecule has 2 heterocycles. The van der Waals surface area contributed by atoms with Gasteiger partial charge >= 0.3 is 6.18 Å². The van der Waals surface area contributed by atoms with Crippen molar-refractivity contribution in [2.45, 2.75) is 32.5 Å². The van der Waals surface area contributed by atoms with E-state index in [0.717, 1.165) is 16.7 Å². The summed E-state index contributed by atoms with van der Waals surface area (Å²) in [6, 6.07) is 5.33. The molecule has 144 valence electrons. The molecule has 2 aromatic rings. The van der Waals surface area contributed by atoms with Crippen LogP contribution in [0.3, 0.4) is 0 Å². The highest BCUT2D eigenvalue weighted by molar-refractivity contribution is 5.95. The van der Waals surface area contributed by atoms with Gasteiger partial charge in [-0.15, -0.1) is 0 Å². The van der Waals surface area contributed by atoms with E-state index in [1.54, 1.807) is 32.3 Å². The van der Waals surface area contributed by atoms with Crippen LogP contribution in [0.15, 0.2) is 29.2 Å². The number of aryl methyl sites for hydroxylation is 3.